The van der Waals surface area contributed by atoms with Crippen molar-refractivity contribution in [2.75, 3.05) is 6.61 Å². The summed E-state index contributed by atoms with van der Waals surface area (Å²) in [6, 6.07) is 5.79. The van der Waals surface area contributed by atoms with Crippen molar-refractivity contribution in [3.8, 4) is 0 Å². The van der Waals surface area contributed by atoms with Crippen LogP contribution in [0.1, 0.15) is 24.4 Å². The first kappa shape index (κ1) is 12.9. The minimum absolute atomic E-state index is 0.0408. The average molecular weight is 318 g/mol. The van der Waals surface area contributed by atoms with E-state index in [9.17, 15) is 0 Å². The number of nitrogens with two attached hydrogens (primary N) is 1. The van der Waals surface area contributed by atoms with E-state index in [2.05, 4.69) is 21.4 Å². The average Bonchev–Trinajstić information content (AvgIpc) is 2.36. The number of ether oxygens (including phenoxy) is 1. The van der Waals surface area contributed by atoms with Crippen LogP contribution in [0.5, 0.6) is 0 Å². The van der Waals surface area contributed by atoms with Gasteiger partial charge in [-0.05, 0) is 52.0 Å². The van der Waals surface area contributed by atoms with E-state index in [0.29, 0.717) is 5.02 Å². The van der Waals surface area contributed by atoms with Gasteiger partial charge in [-0.2, -0.15) is 0 Å². The zero-order valence-electron chi connectivity index (χ0n) is 9.25. The molecule has 0 fully saturated rings. The van der Waals surface area contributed by atoms with Crippen molar-refractivity contribution in [3.05, 3.63) is 45.1 Å². The third kappa shape index (κ3) is 3.01. The highest BCUT2D eigenvalue weighted by molar-refractivity contribution is 9.10. The molecular formula is C12H14BrClN2O. The molecule has 0 saturated heterocycles. The van der Waals surface area contributed by atoms with Crippen LogP contribution in [-0.2, 0) is 4.74 Å². The van der Waals surface area contributed by atoms with Crippen LogP contribution in [0, 0.1) is 0 Å². The van der Waals surface area contributed by atoms with E-state index in [0.717, 1.165) is 35.1 Å². The van der Waals surface area contributed by atoms with Gasteiger partial charge in [0, 0.05) is 4.47 Å². The Morgan fingerprint density at radius 3 is 2.88 bits per heavy atom. The molecule has 0 aromatic heterocycles. The second kappa shape index (κ2) is 5.87. The molecule has 1 aromatic rings. The number of hydrogen-bond acceptors (Lipinski definition) is 3. The Hall–Kier alpha value is -0.550. The lowest BCUT2D eigenvalue weighted by Gasteiger charge is -2.23. The molecule has 0 amide bonds. The van der Waals surface area contributed by atoms with Gasteiger partial charge in [-0.25, -0.2) is 5.43 Å². The fourth-order valence-corrected chi connectivity index (χ4v) is 2.34. The molecular weight excluding hydrogens is 304 g/mol. The van der Waals surface area contributed by atoms with Crippen LogP contribution < -0.4 is 11.3 Å². The summed E-state index contributed by atoms with van der Waals surface area (Å²) >= 11 is 9.46. The van der Waals surface area contributed by atoms with Crippen LogP contribution in [0.4, 0.5) is 0 Å². The lowest BCUT2D eigenvalue weighted by Crippen LogP contribution is -2.30. The molecule has 1 unspecified atom stereocenters. The van der Waals surface area contributed by atoms with Crippen molar-refractivity contribution in [1.82, 2.24) is 5.43 Å². The van der Waals surface area contributed by atoms with Crippen LogP contribution in [0.2, 0.25) is 5.02 Å². The summed E-state index contributed by atoms with van der Waals surface area (Å²) in [5.74, 6) is 5.62. The molecule has 3 N–H and O–H groups in total. The second-order valence-electron chi connectivity index (χ2n) is 3.94. The molecule has 0 aliphatic carbocycles. The normalized spacial score (nSPS) is 17.2. The number of hydrogen-bond donors (Lipinski definition) is 2. The van der Waals surface area contributed by atoms with Crippen molar-refractivity contribution in [2.24, 2.45) is 5.84 Å². The summed E-state index contributed by atoms with van der Waals surface area (Å²) in [6.45, 7) is 0.780. The summed E-state index contributed by atoms with van der Waals surface area (Å²) in [6.07, 6.45) is 3.81. The van der Waals surface area contributed by atoms with E-state index >= 15 is 0 Å². The molecule has 92 valence electrons. The smallest absolute Gasteiger partial charge is 0.0876 e. The van der Waals surface area contributed by atoms with Crippen molar-refractivity contribution in [1.29, 1.82) is 0 Å². The molecule has 3 nitrogen and oxygen atoms in total. The van der Waals surface area contributed by atoms with Gasteiger partial charge in [0.15, 0.2) is 0 Å². The fraction of sp³-hybridized carbons (Fsp3) is 0.333. The Morgan fingerprint density at radius 1 is 1.47 bits per heavy atom. The highest BCUT2D eigenvalue weighted by atomic mass is 79.9. The van der Waals surface area contributed by atoms with Crippen molar-refractivity contribution >= 4 is 27.5 Å². The minimum Gasteiger partial charge on any atom is -0.501 e. The second-order valence-corrected chi connectivity index (χ2v) is 5.20. The van der Waals surface area contributed by atoms with Crippen molar-refractivity contribution in [3.63, 3.8) is 0 Å². The van der Waals surface area contributed by atoms with E-state index in [1.54, 1.807) is 6.26 Å². The van der Waals surface area contributed by atoms with E-state index in [1.807, 2.05) is 18.2 Å². The maximum Gasteiger partial charge on any atom is 0.0876 e. The molecule has 0 bridgehead atoms. The zero-order chi connectivity index (χ0) is 12.3. The molecule has 0 radical (unpaired) electrons. The van der Waals surface area contributed by atoms with Crippen LogP contribution in [0.25, 0.3) is 0 Å². The lowest BCUT2D eigenvalue weighted by atomic mass is 9.96. The Balaban J connectivity index is 2.28. The number of hydrazine groups is 1. The SMILES string of the molecule is NNC(C1=COCCC1)c1ccc(Br)c(Cl)c1. The lowest BCUT2D eigenvalue weighted by molar-refractivity contribution is 0.219. The molecule has 1 aromatic carbocycles. The fourth-order valence-electron chi connectivity index (χ4n) is 1.91. The highest BCUT2D eigenvalue weighted by Crippen LogP contribution is 2.31. The van der Waals surface area contributed by atoms with Gasteiger partial charge in [-0.3, -0.25) is 5.84 Å². The standard InChI is InChI=1S/C12H14BrClN2O/c13-10-4-3-8(6-11(10)14)12(16-15)9-2-1-5-17-7-9/h3-4,6-7,12,16H,1-2,5,15H2. The van der Waals surface area contributed by atoms with Gasteiger partial charge in [0.25, 0.3) is 0 Å². The number of halogens is 2. The van der Waals surface area contributed by atoms with Crippen LogP contribution in [-0.4, -0.2) is 6.61 Å². The molecule has 5 heteroatoms. The maximum atomic E-state index is 6.09. The molecule has 1 aliphatic heterocycles. The topological polar surface area (TPSA) is 47.3 Å². The van der Waals surface area contributed by atoms with Crippen LogP contribution >= 0.6 is 27.5 Å². The molecule has 17 heavy (non-hydrogen) atoms. The molecule has 2 rings (SSSR count). The third-order valence-corrected chi connectivity index (χ3v) is 4.01. The first-order valence-electron chi connectivity index (χ1n) is 5.44. The Bertz CT molecular complexity index is 437. The summed E-state index contributed by atoms with van der Waals surface area (Å²) in [7, 11) is 0. The van der Waals surface area contributed by atoms with Gasteiger partial charge in [-0.15, -0.1) is 0 Å². The number of benzene rings is 1. The van der Waals surface area contributed by atoms with Gasteiger partial charge in [0.05, 0.1) is 23.9 Å². The Kier molecular flexibility index (Phi) is 4.45. The zero-order valence-corrected chi connectivity index (χ0v) is 11.6. The third-order valence-electron chi connectivity index (χ3n) is 2.78. The predicted molar refractivity (Wildman–Crippen MR) is 72.5 cm³/mol. The summed E-state index contributed by atoms with van der Waals surface area (Å²) < 4.78 is 6.22. The summed E-state index contributed by atoms with van der Waals surface area (Å²) in [5.41, 5.74) is 5.00. The van der Waals surface area contributed by atoms with Gasteiger partial charge in [0.1, 0.15) is 0 Å². The minimum atomic E-state index is -0.0408. The first-order chi connectivity index (χ1) is 8.22. The first-order valence-corrected chi connectivity index (χ1v) is 6.61. The molecule has 1 atom stereocenters. The number of nitrogens with one attached hydrogen (secondary N) is 1. The van der Waals surface area contributed by atoms with Gasteiger partial charge in [-0.1, -0.05) is 17.7 Å². The summed E-state index contributed by atoms with van der Waals surface area (Å²) in [5, 5.41) is 0.681. The van der Waals surface area contributed by atoms with E-state index in [-0.39, 0.29) is 6.04 Å². The van der Waals surface area contributed by atoms with Gasteiger partial charge < -0.3 is 4.74 Å². The maximum absolute atomic E-state index is 6.09. The predicted octanol–water partition coefficient (Wildman–Crippen LogP) is 3.30. The molecule has 0 spiro atoms. The highest BCUT2D eigenvalue weighted by Gasteiger charge is 2.18. The van der Waals surface area contributed by atoms with Crippen LogP contribution in [0.3, 0.4) is 0 Å². The molecule has 0 saturated carbocycles. The van der Waals surface area contributed by atoms with Gasteiger partial charge >= 0.3 is 0 Å². The Labute approximate surface area is 114 Å². The Morgan fingerprint density at radius 2 is 2.29 bits per heavy atom. The van der Waals surface area contributed by atoms with E-state index < -0.39 is 0 Å². The quantitative estimate of drug-likeness (QED) is 0.664. The molecule has 1 aliphatic rings. The largest absolute Gasteiger partial charge is 0.501 e. The number of rotatable bonds is 3. The van der Waals surface area contributed by atoms with Crippen molar-refractivity contribution < 1.29 is 4.74 Å². The monoisotopic (exact) mass is 316 g/mol. The van der Waals surface area contributed by atoms with E-state index in [4.69, 9.17) is 22.2 Å². The van der Waals surface area contributed by atoms with Gasteiger partial charge in [0.2, 0.25) is 0 Å². The molecule has 1 heterocycles. The van der Waals surface area contributed by atoms with Crippen LogP contribution in [0.15, 0.2) is 34.5 Å². The van der Waals surface area contributed by atoms with E-state index in [1.165, 1.54) is 0 Å². The van der Waals surface area contributed by atoms with Crippen molar-refractivity contribution in [2.45, 2.75) is 18.9 Å². The summed E-state index contributed by atoms with van der Waals surface area (Å²) in [4.78, 5) is 0.